The van der Waals surface area contributed by atoms with Gasteiger partial charge in [-0.2, -0.15) is 9.59 Å². The molecule has 0 radical (unpaired) electrons. The van der Waals surface area contributed by atoms with Crippen molar-refractivity contribution in [2.75, 3.05) is 0 Å². The van der Waals surface area contributed by atoms with Crippen molar-refractivity contribution in [2.45, 2.75) is 0 Å². The van der Waals surface area contributed by atoms with Gasteiger partial charge in [-0.05, 0) is 43.1 Å². The van der Waals surface area contributed by atoms with Crippen LogP contribution in [0.1, 0.15) is 0 Å². The Morgan fingerprint density at radius 3 is 1.00 bits per heavy atom. The van der Waals surface area contributed by atoms with E-state index in [1.54, 1.807) is 0 Å². The first-order chi connectivity index (χ1) is 11.3. The van der Waals surface area contributed by atoms with Gasteiger partial charge in [0.25, 0.3) is 0 Å². The van der Waals surface area contributed by atoms with Gasteiger partial charge in [-0.1, -0.05) is 72.8 Å². The van der Waals surface area contributed by atoms with E-state index in [9.17, 15) is 0 Å². The SMILES string of the molecule is O=C=O.c1cc2cccc3c4cccc5cccc(c(c1)c23)c54. The first kappa shape index (κ1) is 13.4. The van der Waals surface area contributed by atoms with E-state index in [1.165, 1.54) is 43.1 Å². The Bertz CT molecular complexity index is 1010. The molecule has 108 valence electrons. The molecule has 0 saturated heterocycles. The standard InChI is InChI=1S/C20H12.CO2/c1-5-13-6-2-11-17-18-12-4-8-14-7-3-10-16(20(14)18)15(9-1)19(13)17;2-1-3/h1-12H;. The average Bonchev–Trinajstić information content (AvgIpc) is 2.60. The molecule has 0 aliphatic carbocycles. The van der Waals surface area contributed by atoms with E-state index in [4.69, 9.17) is 9.59 Å². The van der Waals surface area contributed by atoms with Crippen LogP contribution in [-0.2, 0) is 9.59 Å². The van der Waals surface area contributed by atoms with Crippen molar-refractivity contribution in [3.63, 3.8) is 0 Å². The molecule has 0 bridgehead atoms. The Morgan fingerprint density at radius 2 is 0.739 bits per heavy atom. The Balaban J connectivity index is 0.000000421. The van der Waals surface area contributed by atoms with Crippen LogP contribution in [0, 0.1) is 0 Å². The molecule has 0 fully saturated rings. The summed E-state index contributed by atoms with van der Waals surface area (Å²) in [4.78, 5) is 16.2. The maximum atomic E-state index is 8.12. The smallest absolute Gasteiger partial charge is 0.186 e. The van der Waals surface area contributed by atoms with Crippen LogP contribution in [0.3, 0.4) is 0 Å². The predicted octanol–water partition coefficient (Wildman–Crippen LogP) is 5.15. The molecule has 5 rings (SSSR count). The largest absolute Gasteiger partial charge is 0.373 e. The topological polar surface area (TPSA) is 34.1 Å². The van der Waals surface area contributed by atoms with E-state index < -0.39 is 0 Å². The monoisotopic (exact) mass is 296 g/mol. The van der Waals surface area contributed by atoms with Crippen molar-refractivity contribution in [1.82, 2.24) is 0 Å². The Labute approximate surface area is 132 Å². The fraction of sp³-hybridized carbons (Fsp3) is 0. The van der Waals surface area contributed by atoms with Gasteiger partial charge in [0.15, 0.2) is 0 Å². The molecule has 0 unspecified atom stereocenters. The summed E-state index contributed by atoms with van der Waals surface area (Å²) in [5.74, 6) is 0. The van der Waals surface area contributed by atoms with Crippen molar-refractivity contribution in [1.29, 1.82) is 0 Å². The fourth-order valence-electron chi connectivity index (χ4n) is 3.58. The van der Waals surface area contributed by atoms with E-state index in [2.05, 4.69) is 72.8 Å². The van der Waals surface area contributed by atoms with Crippen molar-refractivity contribution in [2.24, 2.45) is 0 Å². The summed E-state index contributed by atoms with van der Waals surface area (Å²) < 4.78 is 0. The summed E-state index contributed by atoms with van der Waals surface area (Å²) in [5, 5.41) is 10.9. The van der Waals surface area contributed by atoms with Crippen LogP contribution in [0.2, 0.25) is 0 Å². The van der Waals surface area contributed by atoms with Crippen molar-refractivity contribution >= 4 is 49.2 Å². The van der Waals surface area contributed by atoms with E-state index in [0.29, 0.717) is 0 Å². The second kappa shape index (κ2) is 5.20. The maximum Gasteiger partial charge on any atom is 0.373 e. The third-order valence-corrected chi connectivity index (χ3v) is 4.39. The summed E-state index contributed by atoms with van der Waals surface area (Å²) in [6.07, 6.45) is 0.250. The lowest BCUT2D eigenvalue weighted by Gasteiger charge is -2.13. The molecule has 0 aliphatic rings. The highest BCUT2D eigenvalue weighted by molar-refractivity contribution is 6.32. The number of fused-ring (bicyclic) bond motifs is 2. The molecule has 0 aromatic heterocycles. The van der Waals surface area contributed by atoms with Crippen LogP contribution in [-0.4, -0.2) is 6.15 Å². The second-order valence-electron chi connectivity index (χ2n) is 5.50. The minimum absolute atomic E-state index is 0.250. The molecular weight excluding hydrogens is 284 g/mol. The lowest BCUT2D eigenvalue weighted by Crippen LogP contribution is -1.85. The number of hydrogen-bond donors (Lipinski definition) is 0. The van der Waals surface area contributed by atoms with Gasteiger partial charge in [0, 0.05) is 0 Å². The highest BCUT2D eigenvalue weighted by Crippen LogP contribution is 2.39. The zero-order chi connectivity index (χ0) is 15.8. The molecule has 0 atom stereocenters. The van der Waals surface area contributed by atoms with Crippen LogP contribution in [0.4, 0.5) is 0 Å². The Hall–Kier alpha value is -3.22. The van der Waals surface area contributed by atoms with Gasteiger partial charge in [0.2, 0.25) is 0 Å². The second-order valence-corrected chi connectivity index (χ2v) is 5.50. The van der Waals surface area contributed by atoms with Crippen LogP contribution in [0.15, 0.2) is 72.8 Å². The third-order valence-electron chi connectivity index (χ3n) is 4.39. The molecule has 0 heterocycles. The van der Waals surface area contributed by atoms with E-state index in [1.807, 2.05) is 0 Å². The normalized spacial score (nSPS) is 10.8. The van der Waals surface area contributed by atoms with Gasteiger partial charge >= 0.3 is 6.15 Å². The third kappa shape index (κ3) is 1.90. The molecule has 23 heavy (non-hydrogen) atoms. The predicted molar refractivity (Wildman–Crippen MR) is 92.7 cm³/mol. The summed E-state index contributed by atoms with van der Waals surface area (Å²) >= 11 is 0. The molecule has 5 aromatic carbocycles. The maximum absolute atomic E-state index is 8.12. The van der Waals surface area contributed by atoms with Gasteiger partial charge < -0.3 is 0 Å². The van der Waals surface area contributed by atoms with Crippen molar-refractivity contribution < 1.29 is 9.59 Å². The summed E-state index contributed by atoms with van der Waals surface area (Å²) in [6, 6.07) is 26.4. The van der Waals surface area contributed by atoms with E-state index in [0.717, 1.165) is 0 Å². The zero-order valence-corrected chi connectivity index (χ0v) is 12.2. The zero-order valence-electron chi connectivity index (χ0n) is 12.2. The van der Waals surface area contributed by atoms with Crippen LogP contribution >= 0.6 is 0 Å². The summed E-state index contributed by atoms with van der Waals surface area (Å²) in [6.45, 7) is 0. The molecule has 0 spiro atoms. The molecule has 0 saturated carbocycles. The van der Waals surface area contributed by atoms with Gasteiger partial charge in [0.1, 0.15) is 0 Å². The highest BCUT2D eigenvalue weighted by Gasteiger charge is 2.11. The Kier molecular flexibility index (Phi) is 3.04. The van der Waals surface area contributed by atoms with Crippen LogP contribution < -0.4 is 0 Å². The molecule has 0 N–H and O–H groups in total. The number of hydrogen-bond acceptors (Lipinski definition) is 2. The van der Waals surface area contributed by atoms with Crippen LogP contribution in [0.25, 0.3) is 43.1 Å². The average molecular weight is 296 g/mol. The Morgan fingerprint density at radius 1 is 0.478 bits per heavy atom. The molecule has 2 heteroatoms. The number of rotatable bonds is 0. The minimum atomic E-state index is 0.250. The van der Waals surface area contributed by atoms with Crippen LogP contribution in [0.5, 0.6) is 0 Å². The quantitative estimate of drug-likeness (QED) is 0.292. The first-order valence-corrected chi connectivity index (χ1v) is 7.38. The number of benzene rings is 5. The van der Waals surface area contributed by atoms with Crippen molar-refractivity contribution in [3.8, 4) is 0 Å². The van der Waals surface area contributed by atoms with E-state index in [-0.39, 0.29) is 6.15 Å². The highest BCUT2D eigenvalue weighted by atomic mass is 16.2. The molecule has 5 aromatic rings. The lowest BCUT2D eigenvalue weighted by atomic mass is 9.90. The van der Waals surface area contributed by atoms with Gasteiger partial charge in [0.05, 0.1) is 0 Å². The summed E-state index contributed by atoms with van der Waals surface area (Å²) in [7, 11) is 0. The first-order valence-electron chi connectivity index (χ1n) is 7.38. The molecular formula is C21H12O2. The van der Waals surface area contributed by atoms with Crippen molar-refractivity contribution in [3.05, 3.63) is 72.8 Å². The summed E-state index contributed by atoms with van der Waals surface area (Å²) in [5.41, 5.74) is 0. The molecule has 2 nitrogen and oxygen atoms in total. The lowest BCUT2D eigenvalue weighted by molar-refractivity contribution is -0.191. The van der Waals surface area contributed by atoms with Gasteiger partial charge in [-0.15, -0.1) is 0 Å². The fourth-order valence-corrected chi connectivity index (χ4v) is 3.58. The van der Waals surface area contributed by atoms with Gasteiger partial charge in [-0.25, -0.2) is 0 Å². The molecule has 0 aliphatic heterocycles. The van der Waals surface area contributed by atoms with E-state index >= 15 is 0 Å². The minimum Gasteiger partial charge on any atom is -0.186 e. The molecule has 0 amide bonds. The number of carbonyl (C=O) groups excluding carboxylic acids is 2. The van der Waals surface area contributed by atoms with Gasteiger partial charge in [-0.3, -0.25) is 0 Å².